The summed E-state index contributed by atoms with van der Waals surface area (Å²) in [6.07, 6.45) is -4.59. The zero-order valence-corrected chi connectivity index (χ0v) is 9.76. The highest BCUT2D eigenvalue weighted by Gasteiger charge is 2.33. The maximum Gasteiger partial charge on any atom is 0.416 e. The predicted molar refractivity (Wildman–Crippen MR) is 57.3 cm³/mol. The van der Waals surface area contributed by atoms with Gasteiger partial charge in [-0.1, -0.05) is 0 Å². The molecule has 0 N–H and O–H groups in total. The molecule has 0 amide bonds. The zero-order valence-electron chi connectivity index (χ0n) is 9.76. The summed E-state index contributed by atoms with van der Waals surface area (Å²) in [7, 11) is 0. The third-order valence-corrected chi connectivity index (χ3v) is 2.22. The average Bonchev–Trinajstić information content (AvgIpc) is 2.27. The van der Waals surface area contributed by atoms with E-state index in [1.165, 1.54) is 0 Å². The molecule has 0 heterocycles. The highest BCUT2D eigenvalue weighted by molar-refractivity contribution is 5.97. The summed E-state index contributed by atoms with van der Waals surface area (Å²) in [5.74, 6) is -0.835. The van der Waals surface area contributed by atoms with Gasteiger partial charge in [0.15, 0.2) is 5.78 Å². The van der Waals surface area contributed by atoms with Gasteiger partial charge in [0, 0.05) is 5.56 Å². The monoisotopic (exact) mass is 257 g/mol. The van der Waals surface area contributed by atoms with Crippen molar-refractivity contribution in [3.05, 3.63) is 28.8 Å². The van der Waals surface area contributed by atoms with Gasteiger partial charge in [-0.15, -0.1) is 0 Å². The second-order valence-corrected chi connectivity index (χ2v) is 3.50. The molecule has 0 aliphatic heterocycles. The minimum absolute atomic E-state index is 0.104. The number of hydrogen-bond donors (Lipinski definition) is 0. The second-order valence-electron chi connectivity index (χ2n) is 3.50. The summed E-state index contributed by atoms with van der Waals surface area (Å²) in [5, 5.41) is 8.91. The molecule has 0 aliphatic rings. The third kappa shape index (κ3) is 2.80. The summed E-state index contributed by atoms with van der Waals surface area (Å²) >= 11 is 0. The third-order valence-electron chi connectivity index (χ3n) is 2.22. The molecule has 0 unspecified atom stereocenters. The van der Waals surface area contributed by atoms with Gasteiger partial charge in [-0.2, -0.15) is 18.4 Å². The largest absolute Gasteiger partial charge is 0.492 e. The molecule has 1 aromatic rings. The number of Topliss-reactive ketones (excluding diaryl/α,β-unsaturated/α-hetero) is 1. The Labute approximate surface area is 102 Å². The number of ketones is 1. The first-order chi connectivity index (χ1) is 8.31. The lowest BCUT2D eigenvalue weighted by atomic mass is 10.0. The van der Waals surface area contributed by atoms with E-state index in [9.17, 15) is 18.0 Å². The summed E-state index contributed by atoms with van der Waals surface area (Å²) in [4.78, 5) is 11.3. The van der Waals surface area contributed by atoms with Crippen molar-refractivity contribution in [3.8, 4) is 11.8 Å². The van der Waals surface area contributed by atoms with Crippen LogP contribution in [0.1, 0.15) is 35.3 Å². The van der Waals surface area contributed by atoms with Crippen molar-refractivity contribution in [1.29, 1.82) is 5.26 Å². The number of nitrogens with zero attached hydrogens (tertiary/aromatic N) is 1. The van der Waals surface area contributed by atoms with Crippen LogP contribution >= 0.6 is 0 Å². The quantitative estimate of drug-likeness (QED) is 0.781. The molecule has 0 aliphatic carbocycles. The molecule has 1 aromatic carbocycles. The van der Waals surface area contributed by atoms with Gasteiger partial charge in [-0.05, 0) is 26.0 Å². The Morgan fingerprint density at radius 3 is 2.44 bits per heavy atom. The lowest BCUT2D eigenvalue weighted by molar-refractivity contribution is -0.137. The van der Waals surface area contributed by atoms with Crippen molar-refractivity contribution in [2.45, 2.75) is 20.0 Å². The van der Waals surface area contributed by atoms with E-state index in [1.807, 2.05) is 0 Å². The van der Waals surface area contributed by atoms with Crippen LogP contribution in [-0.4, -0.2) is 12.4 Å². The van der Waals surface area contributed by atoms with E-state index in [1.54, 1.807) is 13.0 Å². The Bertz CT molecular complexity index is 515. The van der Waals surface area contributed by atoms with Crippen LogP contribution in [0.5, 0.6) is 5.75 Å². The first-order valence-corrected chi connectivity index (χ1v) is 5.10. The predicted octanol–water partition coefficient (Wildman–Crippen LogP) is 3.18. The molecule has 0 fully saturated rings. The minimum atomic E-state index is -4.59. The van der Waals surface area contributed by atoms with Crippen molar-refractivity contribution >= 4 is 5.78 Å². The van der Waals surface area contributed by atoms with Crippen LogP contribution in [-0.2, 0) is 6.18 Å². The maximum absolute atomic E-state index is 12.6. The molecule has 18 heavy (non-hydrogen) atoms. The summed E-state index contributed by atoms with van der Waals surface area (Å²) in [6, 6.07) is 3.10. The molecule has 0 aromatic heterocycles. The van der Waals surface area contributed by atoms with Crippen molar-refractivity contribution in [1.82, 2.24) is 0 Å². The Balaban J connectivity index is 3.55. The number of ether oxygens (including phenoxy) is 1. The molecule has 1 rings (SSSR count). The maximum atomic E-state index is 12.6. The topological polar surface area (TPSA) is 50.1 Å². The fraction of sp³-hybridized carbons (Fsp3) is 0.333. The number of carbonyl (C=O) groups is 1. The van der Waals surface area contributed by atoms with Crippen LogP contribution in [0.25, 0.3) is 0 Å². The van der Waals surface area contributed by atoms with Crippen LogP contribution in [0, 0.1) is 11.3 Å². The molecule has 0 bridgehead atoms. The van der Waals surface area contributed by atoms with E-state index in [2.05, 4.69) is 0 Å². The summed E-state index contributed by atoms with van der Waals surface area (Å²) < 4.78 is 42.9. The number of alkyl halides is 3. The Kier molecular flexibility index (Phi) is 3.96. The molecular weight excluding hydrogens is 247 g/mol. The van der Waals surface area contributed by atoms with Gasteiger partial charge in [0.2, 0.25) is 0 Å². The van der Waals surface area contributed by atoms with Crippen molar-refractivity contribution in [3.63, 3.8) is 0 Å². The van der Waals surface area contributed by atoms with Crippen LogP contribution in [0.15, 0.2) is 12.1 Å². The molecule has 3 nitrogen and oxygen atoms in total. The fourth-order valence-electron chi connectivity index (χ4n) is 1.44. The number of nitriles is 1. The molecule has 96 valence electrons. The Hall–Kier alpha value is -2.03. The number of halogens is 3. The van der Waals surface area contributed by atoms with Crippen molar-refractivity contribution in [2.75, 3.05) is 6.61 Å². The van der Waals surface area contributed by atoms with E-state index in [0.29, 0.717) is 6.07 Å². The normalized spacial score (nSPS) is 10.9. The van der Waals surface area contributed by atoms with E-state index >= 15 is 0 Å². The fourth-order valence-corrected chi connectivity index (χ4v) is 1.44. The van der Waals surface area contributed by atoms with E-state index in [4.69, 9.17) is 10.00 Å². The number of carbonyl (C=O) groups excluding carboxylic acids is 1. The highest BCUT2D eigenvalue weighted by Crippen LogP contribution is 2.35. The van der Waals surface area contributed by atoms with E-state index < -0.39 is 17.5 Å². The standard InChI is InChI=1S/C12H10F3NO2/c1-3-18-11-5-8(12(13,14)15)4-9(7(2)17)10(11)6-16/h4-5H,3H2,1-2H3. The number of hydrogen-bond acceptors (Lipinski definition) is 3. The van der Waals surface area contributed by atoms with E-state index in [0.717, 1.165) is 13.0 Å². The van der Waals surface area contributed by atoms with Gasteiger partial charge in [-0.3, -0.25) is 4.79 Å². The number of rotatable bonds is 3. The molecular formula is C12H10F3NO2. The smallest absolute Gasteiger partial charge is 0.416 e. The zero-order chi connectivity index (χ0) is 13.9. The second kappa shape index (κ2) is 5.08. The molecule has 0 saturated heterocycles. The molecule has 0 saturated carbocycles. The molecule has 0 spiro atoms. The van der Waals surface area contributed by atoms with E-state index in [-0.39, 0.29) is 23.5 Å². The molecule has 0 atom stereocenters. The SMILES string of the molecule is CCOc1cc(C(F)(F)F)cc(C(C)=O)c1C#N. The Morgan fingerprint density at radius 1 is 1.44 bits per heavy atom. The van der Waals surface area contributed by atoms with Gasteiger partial charge < -0.3 is 4.74 Å². The average molecular weight is 257 g/mol. The molecule has 0 radical (unpaired) electrons. The lowest BCUT2D eigenvalue weighted by Gasteiger charge is -2.13. The highest BCUT2D eigenvalue weighted by atomic mass is 19.4. The number of benzene rings is 1. The van der Waals surface area contributed by atoms with Gasteiger partial charge in [0.25, 0.3) is 0 Å². The van der Waals surface area contributed by atoms with Crippen LogP contribution < -0.4 is 4.74 Å². The lowest BCUT2D eigenvalue weighted by Crippen LogP contribution is -2.10. The van der Waals surface area contributed by atoms with Crippen molar-refractivity contribution < 1.29 is 22.7 Å². The van der Waals surface area contributed by atoms with Gasteiger partial charge >= 0.3 is 6.18 Å². The van der Waals surface area contributed by atoms with Crippen molar-refractivity contribution in [2.24, 2.45) is 0 Å². The first kappa shape index (κ1) is 14.0. The van der Waals surface area contributed by atoms with Crippen LogP contribution in [0.4, 0.5) is 13.2 Å². The van der Waals surface area contributed by atoms with Gasteiger partial charge in [-0.25, -0.2) is 0 Å². The van der Waals surface area contributed by atoms with Crippen LogP contribution in [0.3, 0.4) is 0 Å². The first-order valence-electron chi connectivity index (χ1n) is 5.10. The van der Waals surface area contributed by atoms with Crippen LogP contribution in [0.2, 0.25) is 0 Å². The summed E-state index contributed by atoms with van der Waals surface area (Å²) in [5.41, 5.74) is -1.46. The van der Waals surface area contributed by atoms with Gasteiger partial charge in [0.1, 0.15) is 17.4 Å². The molecule has 6 heteroatoms. The Morgan fingerprint density at radius 2 is 2.06 bits per heavy atom. The summed E-state index contributed by atoms with van der Waals surface area (Å²) in [6.45, 7) is 2.79. The minimum Gasteiger partial charge on any atom is -0.492 e. The van der Waals surface area contributed by atoms with Gasteiger partial charge in [0.05, 0.1) is 12.2 Å².